The molecule has 15 heavy (non-hydrogen) atoms. The third-order valence-corrected chi connectivity index (χ3v) is 3.12. The SMILES string of the molecule is Cc1nnc(Cl)n1C1CCOC(C)(C)C1. The molecule has 1 saturated heterocycles. The summed E-state index contributed by atoms with van der Waals surface area (Å²) in [6.07, 6.45) is 1.92. The molecular weight excluding hydrogens is 214 g/mol. The van der Waals surface area contributed by atoms with E-state index in [2.05, 4.69) is 24.0 Å². The molecule has 0 aliphatic carbocycles. The van der Waals surface area contributed by atoms with Gasteiger partial charge in [-0.2, -0.15) is 0 Å². The van der Waals surface area contributed by atoms with Crippen LogP contribution in [0.3, 0.4) is 0 Å². The lowest BCUT2D eigenvalue weighted by Crippen LogP contribution is -2.35. The van der Waals surface area contributed by atoms with E-state index in [-0.39, 0.29) is 5.60 Å². The Morgan fingerprint density at radius 1 is 1.47 bits per heavy atom. The van der Waals surface area contributed by atoms with Gasteiger partial charge in [0.15, 0.2) is 0 Å². The highest BCUT2D eigenvalue weighted by Gasteiger charge is 2.31. The molecule has 0 aromatic carbocycles. The van der Waals surface area contributed by atoms with Gasteiger partial charge >= 0.3 is 0 Å². The van der Waals surface area contributed by atoms with Crippen molar-refractivity contribution in [1.29, 1.82) is 0 Å². The molecule has 5 heteroatoms. The van der Waals surface area contributed by atoms with E-state index < -0.39 is 0 Å². The molecule has 2 heterocycles. The lowest BCUT2D eigenvalue weighted by Gasteiger charge is -2.36. The van der Waals surface area contributed by atoms with Gasteiger partial charge in [0.05, 0.1) is 5.60 Å². The molecule has 2 rings (SSSR count). The average Bonchev–Trinajstić information content (AvgIpc) is 2.44. The fourth-order valence-corrected chi connectivity index (χ4v) is 2.48. The van der Waals surface area contributed by atoms with Gasteiger partial charge in [0.1, 0.15) is 5.82 Å². The molecule has 1 aliphatic rings. The lowest BCUT2D eigenvalue weighted by atomic mass is 9.94. The van der Waals surface area contributed by atoms with E-state index in [0.29, 0.717) is 11.3 Å². The summed E-state index contributed by atoms with van der Waals surface area (Å²) >= 11 is 6.02. The standard InChI is InChI=1S/C10H16ClN3O/c1-7-12-13-9(11)14(7)8-4-5-15-10(2,3)6-8/h8H,4-6H2,1-3H3. The maximum Gasteiger partial charge on any atom is 0.225 e. The van der Waals surface area contributed by atoms with Gasteiger partial charge in [-0.1, -0.05) is 0 Å². The van der Waals surface area contributed by atoms with E-state index in [0.717, 1.165) is 25.3 Å². The molecule has 1 aromatic rings. The number of rotatable bonds is 1. The quantitative estimate of drug-likeness (QED) is 0.742. The summed E-state index contributed by atoms with van der Waals surface area (Å²) < 4.78 is 7.68. The summed E-state index contributed by atoms with van der Waals surface area (Å²) in [7, 11) is 0. The first-order chi connectivity index (χ1) is 6.99. The van der Waals surface area contributed by atoms with Crippen LogP contribution in [0.5, 0.6) is 0 Å². The third kappa shape index (κ3) is 2.16. The minimum absolute atomic E-state index is 0.0804. The Balaban J connectivity index is 2.24. The molecule has 84 valence electrons. The van der Waals surface area contributed by atoms with E-state index in [1.165, 1.54) is 0 Å². The predicted octanol–water partition coefficient (Wildman–Crippen LogP) is 2.37. The van der Waals surface area contributed by atoms with Gasteiger partial charge in [0.25, 0.3) is 0 Å². The second kappa shape index (κ2) is 3.76. The zero-order valence-corrected chi connectivity index (χ0v) is 10.1. The van der Waals surface area contributed by atoms with Gasteiger partial charge < -0.3 is 4.74 Å². The zero-order valence-electron chi connectivity index (χ0n) is 9.33. The van der Waals surface area contributed by atoms with Crippen LogP contribution < -0.4 is 0 Å². The van der Waals surface area contributed by atoms with Crippen molar-refractivity contribution < 1.29 is 4.74 Å². The molecule has 1 aliphatic heterocycles. The van der Waals surface area contributed by atoms with Crippen molar-refractivity contribution in [1.82, 2.24) is 14.8 Å². The molecule has 1 fully saturated rings. The highest BCUT2D eigenvalue weighted by Crippen LogP contribution is 2.33. The average molecular weight is 230 g/mol. The van der Waals surface area contributed by atoms with E-state index in [1.54, 1.807) is 0 Å². The van der Waals surface area contributed by atoms with Gasteiger partial charge in [0.2, 0.25) is 5.28 Å². The first-order valence-corrected chi connectivity index (χ1v) is 5.58. The second-order valence-corrected chi connectivity index (χ2v) is 4.98. The molecule has 1 unspecified atom stereocenters. The first kappa shape index (κ1) is 10.9. The number of hydrogen-bond acceptors (Lipinski definition) is 3. The number of hydrogen-bond donors (Lipinski definition) is 0. The Kier molecular flexibility index (Phi) is 2.73. The summed E-state index contributed by atoms with van der Waals surface area (Å²) in [6, 6.07) is 0.358. The molecule has 0 bridgehead atoms. The normalized spacial score (nSPS) is 25.5. The van der Waals surface area contributed by atoms with Crippen molar-refractivity contribution in [2.75, 3.05) is 6.61 Å². The Bertz CT molecular complexity index is 342. The van der Waals surface area contributed by atoms with Gasteiger partial charge in [-0.25, -0.2) is 0 Å². The number of halogens is 1. The number of ether oxygens (including phenoxy) is 1. The first-order valence-electron chi connectivity index (χ1n) is 5.20. The highest BCUT2D eigenvalue weighted by molar-refractivity contribution is 6.28. The van der Waals surface area contributed by atoms with Crippen LogP contribution in [0.1, 0.15) is 38.6 Å². The van der Waals surface area contributed by atoms with Crippen LogP contribution in [0.2, 0.25) is 5.28 Å². The molecule has 0 radical (unpaired) electrons. The highest BCUT2D eigenvalue weighted by atomic mass is 35.5. The van der Waals surface area contributed by atoms with Crippen LogP contribution >= 0.6 is 11.6 Å². The van der Waals surface area contributed by atoms with Gasteiger partial charge in [-0.15, -0.1) is 10.2 Å². The fraction of sp³-hybridized carbons (Fsp3) is 0.800. The van der Waals surface area contributed by atoms with Crippen LogP contribution in [0, 0.1) is 6.92 Å². The Morgan fingerprint density at radius 3 is 2.73 bits per heavy atom. The molecule has 0 N–H and O–H groups in total. The number of aryl methyl sites for hydroxylation is 1. The molecule has 0 amide bonds. The molecule has 4 nitrogen and oxygen atoms in total. The maximum absolute atomic E-state index is 6.02. The molecule has 1 aromatic heterocycles. The minimum Gasteiger partial charge on any atom is -0.375 e. The third-order valence-electron chi connectivity index (χ3n) is 2.86. The lowest BCUT2D eigenvalue weighted by molar-refractivity contribution is -0.0693. The predicted molar refractivity (Wildman–Crippen MR) is 58.1 cm³/mol. The molecular formula is C10H16ClN3O. The monoisotopic (exact) mass is 229 g/mol. The summed E-state index contributed by atoms with van der Waals surface area (Å²) in [5.74, 6) is 0.878. The van der Waals surface area contributed by atoms with Gasteiger partial charge in [-0.3, -0.25) is 4.57 Å². The summed E-state index contributed by atoms with van der Waals surface area (Å²) in [4.78, 5) is 0. The summed E-state index contributed by atoms with van der Waals surface area (Å²) in [5, 5.41) is 8.34. The van der Waals surface area contributed by atoms with Gasteiger partial charge in [0, 0.05) is 12.6 Å². The fourth-order valence-electron chi connectivity index (χ4n) is 2.18. The topological polar surface area (TPSA) is 39.9 Å². The summed E-state index contributed by atoms with van der Waals surface area (Å²) in [5.41, 5.74) is -0.0804. The van der Waals surface area contributed by atoms with Crippen LogP contribution in [0.15, 0.2) is 0 Å². The molecule has 0 spiro atoms. The Hall–Kier alpha value is -0.610. The second-order valence-electron chi connectivity index (χ2n) is 4.64. The largest absolute Gasteiger partial charge is 0.375 e. The van der Waals surface area contributed by atoms with Crippen LogP contribution in [0.4, 0.5) is 0 Å². The Morgan fingerprint density at radius 2 is 2.20 bits per heavy atom. The Labute approximate surface area is 94.6 Å². The van der Waals surface area contributed by atoms with Crippen LogP contribution in [-0.2, 0) is 4.74 Å². The van der Waals surface area contributed by atoms with Crippen molar-refractivity contribution in [3.05, 3.63) is 11.1 Å². The van der Waals surface area contributed by atoms with Crippen molar-refractivity contribution >= 4 is 11.6 Å². The maximum atomic E-state index is 6.02. The minimum atomic E-state index is -0.0804. The summed E-state index contributed by atoms with van der Waals surface area (Å²) in [6.45, 7) is 6.91. The number of aromatic nitrogens is 3. The van der Waals surface area contributed by atoms with E-state index in [9.17, 15) is 0 Å². The van der Waals surface area contributed by atoms with E-state index in [4.69, 9.17) is 16.3 Å². The smallest absolute Gasteiger partial charge is 0.225 e. The van der Waals surface area contributed by atoms with Gasteiger partial charge in [-0.05, 0) is 45.2 Å². The van der Waals surface area contributed by atoms with Crippen LogP contribution in [0.25, 0.3) is 0 Å². The molecule has 0 saturated carbocycles. The van der Waals surface area contributed by atoms with Crippen molar-refractivity contribution in [3.63, 3.8) is 0 Å². The van der Waals surface area contributed by atoms with Crippen molar-refractivity contribution in [3.8, 4) is 0 Å². The van der Waals surface area contributed by atoms with Crippen LogP contribution in [-0.4, -0.2) is 27.0 Å². The van der Waals surface area contributed by atoms with E-state index >= 15 is 0 Å². The van der Waals surface area contributed by atoms with Crippen molar-refractivity contribution in [2.45, 2.75) is 45.3 Å². The molecule has 1 atom stereocenters. The number of nitrogens with zero attached hydrogens (tertiary/aromatic N) is 3. The van der Waals surface area contributed by atoms with E-state index in [1.807, 2.05) is 11.5 Å². The zero-order chi connectivity index (χ0) is 11.1. The van der Waals surface area contributed by atoms with Crippen molar-refractivity contribution in [2.24, 2.45) is 0 Å².